The molecule has 1 rings (SSSR count). The van der Waals surface area contributed by atoms with E-state index in [0.29, 0.717) is 21.5 Å². The summed E-state index contributed by atoms with van der Waals surface area (Å²) in [6.07, 6.45) is 0. The summed E-state index contributed by atoms with van der Waals surface area (Å²) in [6.45, 7) is 0. The highest BCUT2D eigenvalue weighted by molar-refractivity contribution is 9.10. The molecule has 0 aliphatic carbocycles. The number of hydrogen-bond acceptors (Lipinski definition) is 3. The molecular weight excluding hydrogens is 328 g/mol. The molecule has 1 aromatic rings. The fourth-order valence-electron chi connectivity index (χ4n) is 1.17. The number of methoxy groups -OCH3 is 2. The molecule has 0 N–H and O–H groups in total. The molecule has 0 atom stereocenters. The maximum absolute atomic E-state index is 11.6. The van der Waals surface area contributed by atoms with Crippen LogP contribution in [0.3, 0.4) is 0 Å². The molecular formula is C10H10Br2O3. The predicted octanol–water partition coefficient (Wildman–Crippen LogP) is 3.04. The molecule has 0 aliphatic rings. The average molecular weight is 338 g/mol. The van der Waals surface area contributed by atoms with Gasteiger partial charge in [0.1, 0.15) is 11.5 Å². The van der Waals surface area contributed by atoms with Gasteiger partial charge in [0.05, 0.1) is 25.1 Å². The smallest absolute Gasteiger partial charge is 0.178 e. The Hall–Kier alpha value is -0.550. The highest BCUT2D eigenvalue weighted by atomic mass is 79.9. The second-order valence-electron chi connectivity index (χ2n) is 2.74. The summed E-state index contributed by atoms with van der Waals surface area (Å²) in [4.78, 5) is 11.6. The number of ether oxygens (including phenoxy) is 2. The van der Waals surface area contributed by atoms with Crippen LogP contribution in [0.25, 0.3) is 0 Å². The summed E-state index contributed by atoms with van der Waals surface area (Å²) < 4.78 is 10.9. The van der Waals surface area contributed by atoms with E-state index in [4.69, 9.17) is 9.47 Å². The van der Waals surface area contributed by atoms with Gasteiger partial charge in [0.2, 0.25) is 0 Å². The Labute approximate surface area is 105 Å². The molecule has 1 aromatic carbocycles. The summed E-state index contributed by atoms with van der Waals surface area (Å²) >= 11 is 6.45. The van der Waals surface area contributed by atoms with Crippen molar-refractivity contribution < 1.29 is 14.3 Å². The molecule has 0 heterocycles. The van der Waals surface area contributed by atoms with Gasteiger partial charge in [0.15, 0.2) is 5.78 Å². The number of rotatable bonds is 4. The number of halogens is 2. The first-order valence-corrected chi connectivity index (χ1v) is 6.06. The number of carbonyl (C=O) groups is 1. The van der Waals surface area contributed by atoms with Gasteiger partial charge in [-0.1, -0.05) is 15.9 Å². The maximum atomic E-state index is 11.6. The zero-order valence-corrected chi connectivity index (χ0v) is 11.5. The van der Waals surface area contributed by atoms with E-state index >= 15 is 0 Å². The van der Waals surface area contributed by atoms with Crippen LogP contribution < -0.4 is 9.47 Å². The molecule has 0 saturated heterocycles. The Morgan fingerprint density at radius 1 is 1.33 bits per heavy atom. The Morgan fingerprint density at radius 2 is 2.00 bits per heavy atom. The lowest BCUT2D eigenvalue weighted by Crippen LogP contribution is -2.04. The second-order valence-corrected chi connectivity index (χ2v) is 4.16. The van der Waals surface area contributed by atoms with Crippen molar-refractivity contribution in [3.8, 4) is 11.5 Å². The van der Waals surface area contributed by atoms with Gasteiger partial charge in [-0.25, -0.2) is 0 Å². The highest BCUT2D eigenvalue weighted by Crippen LogP contribution is 2.32. The Kier molecular flexibility index (Phi) is 4.60. The van der Waals surface area contributed by atoms with Crippen LogP contribution in [0.2, 0.25) is 0 Å². The SMILES string of the molecule is COc1cc(Br)c(C(=O)CBr)c(OC)c1. The molecule has 15 heavy (non-hydrogen) atoms. The lowest BCUT2D eigenvalue weighted by molar-refractivity contribution is 0.102. The minimum absolute atomic E-state index is 0.0404. The first kappa shape index (κ1) is 12.5. The molecule has 0 fully saturated rings. The van der Waals surface area contributed by atoms with Crippen molar-refractivity contribution in [2.24, 2.45) is 0 Å². The van der Waals surface area contributed by atoms with Crippen LogP contribution in [-0.2, 0) is 0 Å². The minimum atomic E-state index is -0.0404. The van der Waals surface area contributed by atoms with Crippen molar-refractivity contribution in [2.45, 2.75) is 0 Å². The van der Waals surface area contributed by atoms with Crippen molar-refractivity contribution in [1.29, 1.82) is 0 Å². The average Bonchev–Trinajstić information content (AvgIpc) is 2.26. The fourth-order valence-corrected chi connectivity index (χ4v) is 2.10. The van der Waals surface area contributed by atoms with Crippen LogP contribution >= 0.6 is 31.9 Å². The molecule has 0 bridgehead atoms. The van der Waals surface area contributed by atoms with Crippen molar-refractivity contribution in [2.75, 3.05) is 19.5 Å². The fraction of sp³-hybridized carbons (Fsp3) is 0.300. The molecule has 0 aliphatic heterocycles. The Balaban J connectivity index is 3.30. The number of hydrogen-bond donors (Lipinski definition) is 0. The number of ketones is 1. The van der Waals surface area contributed by atoms with Crippen LogP contribution in [0.4, 0.5) is 0 Å². The van der Waals surface area contributed by atoms with Gasteiger partial charge in [-0.15, -0.1) is 0 Å². The van der Waals surface area contributed by atoms with E-state index < -0.39 is 0 Å². The van der Waals surface area contributed by atoms with Gasteiger partial charge in [-0.2, -0.15) is 0 Å². The molecule has 0 saturated carbocycles. The second kappa shape index (κ2) is 5.51. The topological polar surface area (TPSA) is 35.5 Å². The normalized spacial score (nSPS) is 9.87. The van der Waals surface area contributed by atoms with Crippen LogP contribution in [0.5, 0.6) is 11.5 Å². The maximum Gasteiger partial charge on any atom is 0.178 e. The van der Waals surface area contributed by atoms with E-state index in [1.807, 2.05) is 0 Å². The molecule has 0 aromatic heterocycles. The van der Waals surface area contributed by atoms with Crippen LogP contribution in [-0.4, -0.2) is 25.3 Å². The number of Topliss-reactive ketones (excluding diaryl/α,β-unsaturated/α-hetero) is 1. The molecule has 0 amide bonds. The molecule has 3 nitrogen and oxygen atoms in total. The summed E-state index contributed by atoms with van der Waals surface area (Å²) in [6, 6.07) is 3.42. The number of benzene rings is 1. The molecule has 82 valence electrons. The van der Waals surface area contributed by atoms with Gasteiger partial charge < -0.3 is 9.47 Å². The van der Waals surface area contributed by atoms with Gasteiger partial charge in [0.25, 0.3) is 0 Å². The first-order chi connectivity index (χ1) is 7.13. The third-order valence-electron chi connectivity index (χ3n) is 1.88. The monoisotopic (exact) mass is 336 g/mol. The summed E-state index contributed by atoms with van der Waals surface area (Å²) in [5.74, 6) is 1.11. The first-order valence-electron chi connectivity index (χ1n) is 4.14. The zero-order valence-electron chi connectivity index (χ0n) is 8.34. The molecule has 0 unspecified atom stereocenters. The number of alkyl halides is 1. The Morgan fingerprint density at radius 3 is 2.47 bits per heavy atom. The minimum Gasteiger partial charge on any atom is -0.497 e. The predicted molar refractivity (Wildman–Crippen MR) is 65.4 cm³/mol. The van der Waals surface area contributed by atoms with Crippen molar-refractivity contribution in [3.63, 3.8) is 0 Å². The number of carbonyl (C=O) groups excluding carboxylic acids is 1. The highest BCUT2D eigenvalue weighted by Gasteiger charge is 2.16. The van der Waals surface area contributed by atoms with Crippen LogP contribution in [0.15, 0.2) is 16.6 Å². The van der Waals surface area contributed by atoms with E-state index in [0.717, 1.165) is 0 Å². The molecule has 0 spiro atoms. The Bertz CT molecular complexity index is 377. The van der Waals surface area contributed by atoms with E-state index in [-0.39, 0.29) is 11.1 Å². The van der Waals surface area contributed by atoms with Crippen molar-refractivity contribution in [3.05, 3.63) is 22.2 Å². The van der Waals surface area contributed by atoms with Crippen molar-refractivity contribution >= 4 is 37.6 Å². The third kappa shape index (κ3) is 2.72. The summed E-state index contributed by atoms with van der Waals surface area (Å²) in [5.41, 5.74) is 0.523. The van der Waals surface area contributed by atoms with E-state index in [2.05, 4.69) is 31.9 Å². The van der Waals surface area contributed by atoms with Gasteiger partial charge in [0, 0.05) is 10.5 Å². The molecule has 0 radical (unpaired) electrons. The van der Waals surface area contributed by atoms with E-state index in [9.17, 15) is 4.79 Å². The van der Waals surface area contributed by atoms with E-state index in [1.54, 1.807) is 19.2 Å². The quantitative estimate of drug-likeness (QED) is 0.625. The summed E-state index contributed by atoms with van der Waals surface area (Å²) in [5, 5.41) is 0.258. The lowest BCUT2D eigenvalue weighted by Gasteiger charge is -2.10. The standard InChI is InChI=1S/C10H10Br2O3/c1-14-6-3-7(12)10(8(13)5-11)9(4-6)15-2/h3-4H,5H2,1-2H3. The van der Waals surface area contributed by atoms with Gasteiger partial charge in [-0.05, 0) is 22.0 Å². The van der Waals surface area contributed by atoms with Gasteiger partial charge in [-0.3, -0.25) is 4.79 Å². The lowest BCUT2D eigenvalue weighted by atomic mass is 10.1. The van der Waals surface area contributed by atoms with Crippen LogP contribution in [0.1, 0.15) is 10.4 Å². The summed E-state index contributed by atoms with van der Waals surface area (Å²) in [7, 11) is 3.08. The molecule has 5 heteroatoms. The zero-order chi connectivity index (χ0) is 11.4. The van der Waals surface area contributed by atoms with Crippen molar-refractivity contribution in [1.82, 2.24) is 0 Å². The van der Waals surface area contributed by atoms with E-state index in [1.165, 1.54) is 7.11 Å². The third-order valence-corrected chi connectivity index (χ3v) is 3.02. The van der Waals surface area contributed by atoms with Gasteiger partial charge >= 0.3 is 0 Å². The largest absolute Gasteiger partial charge is 0.497 e. The van der Waals surface area contributed by atoms with Crippen LogP contribution in [0, 0.1) is 0 Å².